The van der Waals surface area contributed by atoms with Gasteiger partial charge in [0.1, 0.15) is 22.4 Å². The molecular formula is C24H27N7O2S. The Kier molecular flexibility index (Phi) is 6.25. The van der Waals surface area contributed by atoms with E-state index in [1.807, 2.05) is 44.2 Å². The van der Waals surface area contributed by atoms with E-state index in [9.17, 15) is 8.42 Å². The fraction of sp³-hybridized carbons (Fsp3) is 0.208. The smallest absolute Gasteiger partial charge is 0.265 e. The lowest BCUT2D eigenvalue weighted by atomic mass is 10.2. The first-order valence-electron chi connectivity index (χ1n) is 10.7. The molecule has 0 bridgehead atoms. The van der Waals surface area contributed by atoms with E-state index in [1.165, 1.54) is 5.56 Å². The van der Waals surface area contributed by atoms with Crippen molar-refractivity contribution in [2.24, 2.45) is 7.05 Å². The van der Waals surface area contributed by atoms with Crippen molar-refractivity contribution >= 4 is 38.7 Å². The average molecular weight is 478 g/mol. The molecule has 0 saturated heterocycles. The molecule has 4 aromatic rings. The molecule has 10 heteroatoms. The maximum absolute atomic E-state index is 12.9. The van der Waals surface area contributed by atoms with Crippen LogP contribution in [0.2, 0.25) is 0 Å². The molecule has 0 saturated carbocycles. The van der Waals surface area contributed by atoms with Crippen LogP contribution in [0.5, 0.6) is 0 Å². The third kappa shape index (κ3) is 5.18. The molecule has 3 N–H and O–H groups in total. The number of anilines is 5. The molecule has 0 amide bonds. The minimum Gasteiger partial charge on any atom is -0.340 e. The first-order chi connectivity index (χ1) is 16.1. The predicted molar refractivity (Wildman–Crippen MR) is 134 cm³/mol. The Labute approximate surface area is 199 Å². The molecule has 0 aliphatic heterocycles. The SMILES string of the molecule is Cc1ccc(Nc2cc(Nc3ccc(NS(=O)(=O)c4c(C)nn(C)c4C)cc3)nc(C)n2)cc1. The fourth-order valence-electron chi connectivity index (χ4n) is 3.60. The van der Waals surface area contributed by atoms with E-state index >= 15 is 0 Å². The van der Waals surface area contributed by atoms with E-state index < -0.39 is 10.0 Å². The van der Waals surface area contributed by atoms with Crippen LogP contribution in [0.25, 0.3) is 0 Å². The maximum atomic E-state index is 12.9. The van der Waals surface area contributed by atoms with Crippen molar-refractivity contribution in [1.29, 1.82) is 0 Å². The van der Waals surface area contributed by atoms with Gasteiger partial charge in [-0.2, -0.15) is 5.10 Å². The topological polar surface area (TPSA) is 114 Å². The van der Waals surface area contributed by atoms with Crippen molar-refractivity contribution < 1.29 is 8.42 Å². The standard InChI is InChI=1S/C24H27N7O2S/c1-15-6-8-19(9-7-15)27-22-14-23(26-18(4)25-22)28-20-10-12-21(13-11-20)30-34(32,33)24-16(2)29-31(5)17(24)3/h6-14,30H,1-5H3,(H2,25,26,27,28). The molecule has 34 heavy (non-hydrogen) atoms. The fourth-order valence-corrected chi connectivity index (χ4v) is 5.10. The minimum atomic E-state index is -3.75. The van der Waals surface area contributed by atoms with Crippen molar-refractivity contribution in [1.82, 2.24) is 19.7 Å². The van der Waals surface area contributed by atoms with E-state index in [2.05, 4.69) is 30.4 Å². The first kappa shape index (κ1) is 23.2. The summed E-state index contributed by atoms with van der Waals surface area (Å²) in [5.74, 6) is 1.91. The number of benzene rings is 2. The quantitative estimate of drug-likeness (QED) is 0.352. The summed E-state index contributed by atoms with van der Waals surface area (Å²) in [4.78, 5) is 9.09. The molecule has 4 rings (SSSR count). The van der Waals surface area contributed by atoms with Gasteiger partial charge in [-0.3, -0.25) is 9.40 Å². The Balaban J connectivity index is 1.48. The van der Waals surface area contributed by atoms with Crippen molar-refractivity contribution in [3.05, 3.63) is 77.4 Å². The number of rotatable bonds is 7. The molecule has 9 nitrogen and oxygen atoms in total. The summed E-state index contributed by atoms with van der Waals surface area (Å²) in [5, 5.41) is 10.7. The van der Waals surface area contributed by atoms with Gasteiger partial charge in [-0.05, 0) is 64.1 Å². The van der Waals surface area contributed by atoms with Gasteiger partial charge in [-0.25, -0.2) is 18.4 Å². The molecule has 0 unspecified atom stereocenters. The van der Waals surface area contributed by atoms with Crippen molar-refractivity contribution in [3.63, 3.8) is 0 Å². The second-order valence-electron chi connectivity index (χ2n) is 8.11. The molecule has 0 fully saturated rings. The van der Waals surface area contributed by atoms with Crippen molar-refractivity contribution in [2.75, 3.05) is 15.4 Å². The highest BCUT2D eigenvalue weighted by molar-refractivity contribution is 7.92. The summed E-state index contributed by atoms with van der Waals surface area (Å²) in [6.45, 7) is 7.27. The summed E-state index contributed by atoms with van der Waals surface area (Å²) in [6, 6.07) is 16.8. The van der Waals surface area contributed by atoms with Gasteiger partial charge in [0.15, 0.2) is 0 Å². The van der Waals surface area contributed by atoms with Crippen LogP contribution >= 0.6 is 0 Å². The number of nitrogens with one attached hydrogen (secondary N) is 3. The van der Waals surface area contributed by atoms with E-state index in [0.29, 0.717) is 34.5 Å². The van der Waals surface area contributed by atoms with Gasteiger partial charge in [0.25, 0.3) is 10.0 Å². The summed E-state index contributed by atoms with van der Waals surface area (Å²) >= 11 is 0. The molecule has 2 heterocycles. The zero-order chi connectivity index (χ0) is 24.5. The number of hydrogen-bond donors (Lipinski definition) is 3. The summed E-state index contributed by atoms with van der Waals surface area (Å²) in [7, 11) is -2.03. The number of nitrogens with zero attached hydrogens (tertiary/aromatic N) is 4. The third-order valence-corrected chi connectivity index (χ3v) is 6.92. The minimum absolute atomic E-state index is 0.197. The monoisotopic (exact) mass is 477 g/mol. The number of sulfonamides is 1. The lowest BCUT2D eigenvalue weighted by Crippen LogP contribution is -2.14. The van der Waals surface area contributed by atoms with E-state index in [0.717, 1.165) is 11.4 Å². The lowest BCUT2D eigenvalue weighted by Gasteiger charge is -2.12. The van der Waals surface area contributed by atoms with E-state index in [4.69, 9.17) is 0 Å². The van der Waals surface area contributed by atoms with E-state index in [-0.39, 0.29) is 4.90 Å². The summed E-state index contributed by atoms with van der Waals surface area (Å²) in [6.07, 6.45) is 0. The Morgan fingerprint density at radius 3 is 1.76 bits per heavy atom. The van der Waals surface area contributed by atoms with Gasteiger partial charge in [-0.1, -0.05) is 17.7 Å². The van der Waals surface area contributed by atoms with Gasteiger partial charge >= 0.3 is 0 Å². The molecule has 2 aromatic carbocycles. The lowest BCUT2D eigenvalue weighted by molar-refractivity contribution is 0.599. The summed E-state index contributed by atoms with van der Waals surface area (Å²) in [5.41, 5.74) is 4.37. The molecule has 0 radical (unpaired) electrons. The molecule has 0 aliphatic carbocycles. The Hall–Kier alpha value is -3.92. The molecule has 0 atom stereocenters. The van der Waals surface area contributed by atoms with Crippen LogP contribution in [0.3, 0.4) is 0 Å². The molecule has 0 spiro atoms. The predicted octanol–water partition coefficient (Wildman–Crippen LogP) is 4.73. The first-order valence-corrected chi connectivity index (χ1v) is 12.2. The van der Waals surface area contributed by atoms with Crippen LogP contribution in [0.15, 0.2) is 59.5 Å². The molecule has 0 aliphatic rings. The zero-order valence-electron chi connectivity index (χ0n) is 19.7. The van der Waals surface area contributed by atoms with Crippen LogP contribution < -0.4 is 15.4 Å². The second-order valence-corrected chi connectivity index (χ2v) is 9.73. The van der Waals surface area contributed by atoms with Crippen molar-refractivity contribution in [3.8, 4) is 0 Å². The van der Waals surface area contributed by atoms with E-state index in [1.54, 1.807) is 49.8 Å². The van der Waals surface area contributed by atoms with Crippen LogP contribution in [0, 0.1) is 27.7 Å². The van der Waals surface area contributed by atoms with Crippen LogP contribution in [0.1, 0.15) is 22.8 Å². The highest BCUT2D eigenvalue weighted by Crippen LogP contribution is 2.25. The highest BCUT2D eigenvalue weighted by atomic mass is 32.2. The van der Waals surface area contributed by atoms with Gasteiger partial charge in [0.2, 0.25) is 0 Å². The van der Waals surface area contributed by atoms with Gasteiger partial charge in [0, 0.05) is 30.2 Å². The zero-order valence-corrected chi connectivity index (χ0v) is 20.5. The average Bonchev–Trinajstić information content (AvgIpc) is 3.02. The number of aryl methyl sites for hydroxylation is 4. The van der Waals surface area contributed by atoms with Crippen LogP contribution in [-0.2, 0) is 17.1 Å². The maximum Gasteiger partial charge on any atom is 0.265 e. The summed E-state index contributed by atoms with van der Waals surface area (Å²) < 4.78 is 29.9. The highest BCUT2D eigenvalue weighted by Gasteiger charge is 2.23. The third-order valence-electron chi connectivity index (χ3n) is 5.28. The second kappa shape index (κ2) is 9.14. The van der Waals surface area contributed by atoms with Gasteiger partial charge < -0.3 is 10.6 Å². The Morgan fingerprint density at radius 1 is 0.765 bits per heavy atom. The molecular weight excluding hydrogens is 450 g/mol. The van der Waals surface area contributed by atoms with Gasteiger partial charge in [0.05, 0.1) is 11.4 Å². The number of hydrogen-bond acceptors (Lipinski definition) is 7. The normalized spacial score (nSPS) is 11.3. The number of aromatic nitrogens is 4. The van der Waals surface area contributed by atoms with Gasteiger partial charge in [-0.15, -0.1) is 0 Å². The molecule has 2 aromatic heterocycles. The Bertz CT molecular complexity index is 1430. The van der Waals surface area contributed by atoms with Crippen LogP contribution in [0.4, 0.5) is 28.7 Å². The largest absolute Gasteiger partial charge is 0.340 e. The van der Waals surface area contributed by atoms with Crippen LogP contribution in [-0.4, -0.2) is 28.2 Å². The molecule has 176 valence electrons. The Morgan fingerprint density at radius 2 is 1.26 bits per heavy atom. The van der Waals surface area contributed by atoms with Crippen molar-refractivity contribution in [2.45, 2.75) is 32.6 Å².